The number of carbonyl (C=O) groups is 1. The molecule has 78 valence electrons. The van der Waals surface area contributed by atoms with Crippen molar-refractivity contribution in [3.05, 3.63) is 11.8 Å². The predicted octanol–water partition coefficient (Wildman–Crippen LogP) is 1.83. The average molecular weight is 196 g/mol. The van der Waals surface area contributed by atoms with E-state index in [2.05, 4.69) is 0 Å². The number of epoxide rings is 1. The van der Waals surface area contributed by atoms with Crippen LogP contribution in [0.15, 0.2) is 11.8 Å². The lowest BCUT2D eigenvalue weighted by Gasteiger charge is -2.30. The number of rotatable bonds is 1. The summed E-state index contributed by atoms with van der Waals surface area (Å²) in [5, 5.41) is 9.66. The number of ketones is 1. The summed E-state index contributed by atoms with van der Waals surface area (Å²) in [6, 6.07) is 0. The third-order valence-corrected chi connectivity index (χ3v) is 3.42. The molecule has 2 unspecified atom stereocenters. The Morgan fingerprint density at radius 1 is 1.50 bits per heavy atom. The average Bonchev–Trinajstić information content (AvgIpc) is 2.77. The second-order valence-corrected chi connectivity index (χ2v) is 4.99. The highest BCUT2D eigenvalue weighted by molar-refractivity contribution is 5.99. The van der Waals surface area contributed by atoms with Gasteiger partial charge in [0.1, 0.15) is 11.9 Å². The number of ether oxygens (including phenoxy) is 1. The van der Waals surface area contributed by atoms with Crippen LogP contribution < -0.4 is 0 Å². The molecule has 14 heavy (non-hydrogen) atoms. The van der Waals surface area contributed by atoms with Gasteiger partial charge in [0.2, 0.25) is 0 Å². The van der Waals surface area contributed by atoms with Crippen LogP contribution >= 0.6 is 0 Å². The molecule has 1 heterocycles. The lowest BCUT2D eigenvalue weighted by atomic mass is 9.70. The molecule has 0 aromatic heterocycles. The smallest absolute Gasteiger partial charge is 0.181 e. The largest absolute Gasteiger partial charge is 0.512 e. The molecule has 0 bridgehead atoms. The normalized spacial score (nSPS) is 39.4. The highest BCUT2D eigenvalue weighted by Crippen LogP contribution is 2.53. The van der Waals surface area contributed by atoms with Gasteiger partial charge < -0.3 is 9.84 Å². The van der Waals surface area contributed by atoms with Crippen molar-refractivity contribution in [1.29, 1.82) is 0 Å². The number of hydrogen-bond acceptors (Lipinski definition) is 3. The summed E-state index contributed by atoms with van der Waals surface area (Å²) in [5.41, 5.74) is -1.45. The van der Waals surface area contributed by atoms with Crippen LogP contribution in [0.3, 0.4) is 0 Å². The van der Waals surface area contributed by atoms with E-state index in [0.29, 0.717) is 0 Å². The minimum absolute atomic E-state index is 0.00463. The number of aliphatic hydroxyl groups is 1. The molecule has 1 fully saturated rings. The molecular weight excluding hydrogens is 180 g/mol. The maximum absolute atomic E-state index is 12.1. The Kier molecular flexibility index (Phi) is 1.66. The molecule has 2 aliphatic rings. The van der Waals surface area contributed by atoms with E-state index in [1.807, 2.05) is 13.8 Å². The minimum atomic E-state index is -0.794. The topological polar surface area (TPSA) is 49.8 Å². The Labute approximate surface area is 83.8 Å². The van der Waals surface area contributed by atoms with E-state index in [4.69, 9.17) is 4.74 Å². The number of carbonyl (C=O) groups excluding carboxylic acids is 1. The molecule has 3 heteroatoms. The molecule has 0 spiro atoms. The summed E-state index contributed by atoms with van der Waals surface area (Å²) in [6.45, 7) is 7.43. The van der Waals surface area contributed by atoms with Crippen molar-refractivity contribution in [2.45, 2.75) is 39.4 Å². The first kappa shape index (κ1) is 9.71. The lowest BCUT2D eigenvalue weighted by Crippen LogP contribution is -2.46. The van der Waals surface area contributed by atoms with Crippen LogP contribution in [-0.4, -0.2) is 22.6 Å². The maximum atomic E-state index is 12.1. The first-order valence-corrected chi connectivity index (χ1v) is 4.97. The summed E-state index contributed by atoms with van der Waals surface area (Å²) in [6.07, 6.45) is 1.46. The van der Waals surface area contributed by atoms with Gasteiger partial charge in [0.15, 0.2) is 11.4 Å². The van der Waals surface area contributed by atoms with Crippen molar-refractivity contribution in [1.82, 2.24) is 0 Å². The van der Waals surface area contributed by atoms with E-state index >= 15 is 0 Å². The van der Waals surface area contributed by atoms with Gasteiger partial charge in [-0.1, -0.05) is 13.8 Å². The SMILES string of the molecule is CC(C)C12OC1C=C(O)C(C)(C)C2=O. The second-order valence-electron chi connectivity index (χ2n) is 4.99. The zero-order chi connectivity index (χ0) is 10.7. The van der Waals surface area contributed by atoms with Gasteiger partial charge in [-0.2, -0.15) is 0 Å². The third-order valence-electron chi connectivity index (χ3n) is 3.42. The monoisotopic (exact) mass is 196 g/mol. The molecule has 1 saturated heterocycles. The van der Waals surface area contributed by atoms with Gasteiger partial charge in [0.05, 0.1) is 5.41 Å². The molecule has 1 aliphatic carbocycles. The molecule has 0 radical (unpaired) electrons. The van der Waals surface area contributed by atoms with Crippen LogP contribution in [0, 0.1) is 11.3 Å². The van der Waals surface area contributed by atoms with Gasteiger partial charge in [-0.05, 0) is 25.8 Å². The molecule has 0 amide bonds. The highest BCUT2D eigenvalue weighted by atomic mass is 16.6. The summed E-state index contributed by atoms with van der Waals surface area (Å²) >= 11 is 0. The van der Waals surface area contributed by atoms with E-state index < -0.39 is 11.0 Å². The first-order chi connectivity index (χ1) is 6.33. The number of fused-ring (bicyclic) bond motifs is 1. The molecular formula is C11H16O3. The van der Waals surface area contributed by atoms with E-state index in [9.17, 15) is 9.90 Å². The van der Waals surface area contributed by atoms with Gasteiger partial charge in [0.25, 0.3) is 0 Å². The van der Waals surface area contributed by atoms with Crippen LogP contribution in [-0.2, 0) is 9.53 Å². The van der Waals surface area contributed by atoms with Crippen molar-refractivity contribution in [2.24, 2.45) is 11.3 Å². The quantitative estimate of drug-likeness (QED) is 0.651. The molecule has 1 N–H and O–H groups in total. The maximum Gasteiger partial charge on any atom is 0.181 e. The Balaban J connectivity index is 2.45. The third kappa shape index (κ3) is 0.883. The molecule has 0 saturated carbocycles. The molecule has 3 nitrogen and oxygen atoms in total. The van der Waals surface area contributed by atoms with Crippen LogP contribution in [0.1, 0.15) is 27.7 Å². The Bertz CT molecular complexity index is 327. The van der Waals surface area contributed by atoms with E-state index in [1.54, 1.807) is 19.9 Å². The van der Waals surface area contributed by atoms with Crippen molar-refractivity contribution in [3.8, 4) is 0 Å². The van der Waals surface area contributed by atoms with Crippen LogP contribution in [0.2, 0.25) is 0 Å². The number of aliphatic hydroxyl groups excluding tert-OH is 1. The van der Waals surface area contributed by atoms with Crippen LogP contribution in [0.25, 0.3) is 0 Å². The van der Waals surface area contributed by atoms with Gasteiger partial charge >= 0.3 is 0 Å². The fourth-order valence-corrected chi connectivity index (χ4v) is 2.20. The lowest BCUT2D eigenvalue weighted by molar-refractivity contribution is -0.134. The van der Waals surface area contributed by atoms with Gasteiger partial charge in [0, 0.05) is 0 Å². The summed E-state index contributed by atoms with van der Waals surface area (Å²) < 4.78 is 5.46. The van der Waals surface area contributed by atoms with E-state index in [1.165, 1.54) is 0 Å². The van der Waals surface area contributed by atoms with Crippen molar-refractivity contribution in [3.63, 3.8) is 0 Å². The highest BCUT2D eigenvalue weighted by Gasteiger charge is 2.69. The van der Waals surface area contributed by atoms with Gasteiger partial charge in [-0.3, -0.25) is 4.79 Å². The molecule has 0 aromatic rings. The van der Waals surface area contributed by atoms with Crippen molar-refractivity contribution < 1.29 is 14.6 Å². The molecule has 2 rings (SSSR count). The van der Waals surface area contributed by atoms with Gasteiger partial charge in [-0.25, -0.2) is 0 Å². The Hall–Kier alpha value is -0.830. The van der Waals surface area contributed by atoms with Crippen molar-refractivity contribution in [2.75, 3.05) is 0 Å². The standard InChI is InChI=1S/C11H16O3/c1-6(2)11-8(14-11)5-7(12)10(3,4)9(11)13/h5-6,8,12H,1-4H3. The second kappa shape index (κ2) is 2.40. The molecule has 2 atom stereocenters. The number of hydrogen-bond donors (Lipinski definition) is 1. The van der Waals surface area contributed by atoms with E-state index in [0.717, 1.165) is 0 Å². The number of allylic oxidation sites excluding steroid dienone is 1. The summed E-state index contributed by atoms with van der Waals surface area (Å²) in [5.74, 6) is 0.301. The minimum Gasteiger partial charge on any atom is -0.512 e. The Morgan fingerprint density at radius 2 is 2.07 bits per heavy atom. The summed E-state index contributed by atoms with van der Waals surface area (Å²) in [7, 11) is 0. The molecule has 1 aliphatic heterocycles. The van der Waals surface area contributed by atoms with E-state index in [-0.39, 0.29) is 23.6 Å². The van der Waals surface area contributed by atoms with Crippen LogP contribution in [0.4, 0.5) is 0 Å². The fraction of sp³-hybridized carbons (Fsp3) is 0.727. The zero-order valence-corrected chi connectivity index (χ0v) is 9.00. The first-order valence-electron chi connectivity index (χ1n) is 4.97. The van der Waals surface area contributed by atoms with Crippen LogP contribution in [0.5, 0.6) is 0 Å². The van der Waals surface area contributed by atoms with Gasteiger partial charge in [-0.15, -0.1) is 0 Å². The number of Topliss-reactive ketones (excluding diaryl/α,β-unsaturated/α-hetero) is 1. The van der Waals surface area contributed by atoms with Crippen molar-refractivity contribution >= 4 is 5.78 Å². The summed E-state index contributed by atoms with van der Waals surface area (Å²) in [4.78, 5) is 12.1. The zero-order valence-electron chi connectivity index (χ0n) is 9.00. The fourth-order valence-electron chi connectivity index (χ4n) is 2.20. The Morgan fingerprint density at radius 3 is 2.57 bits per heavy atom. The predicted molar refractivity (Wildman–Crippen MR) is 51.9 cm³/mol. The molecule has 0 aromatic carbocycles.